The molecule has 3 rings (SSSR count). The molecule has 2 heterocycles. The van der Waals surface area contributed by atoms with Gasteiger partial charge < -0.3 is 16.0 Å². The zero-order chi connectivity index (χ0) is 16.9. The van der Waals surface area contributed by atoms with Crippen molar-refractivity contribution in [1.82, 2.24) is 10.3 Å². The van der Waals surface area contributed by atoms with Crippen molar-refractivity contribution in [2.24, 2.45) is 5.92 Å². The van der Waals surface area contributed by atoms with Crippen LogP contribution in [0, 0.1) is 5.92 Å². The number of amides is 2. The Labute approximate surface area is 144 Å². The van der Waals surface area contributed by atoms with Crippen LogP contribution in [-0.4, -0.2) is 29.9 Å². The number of carbonyl (C=O) groups is 2. The zero-order valence-electron chi connectivity index (χ0n) is 13.5. The molecule has 1 aromatic heterocycles. The van der Waals surface area contributed by atoms with Crippen molar-refractivity contribution in [3.05, 3.63) is 29.6 Å². The van der Waals surface area contributed by atoms with Gasteiger partial charge in [-0.25, -0.2) is 4.98 Å². The van der Waals surface area contributed by atoms with E-state index in [0.29, 0.717) is 5.13 Å². The quantitative estimate of drug-likeness (QED) is 0.796. The standard InChI is InChI=1S/C17H20N4O2S/c1-11(22)19-14-6-4-12(5-7-14)15-10-24-17(20-15)21-16(23)13-3-2-8-18-9-13/h4-7,10,13,18H,2-3,8-9H2,1H3,(H,19,22)(H,20,21,23). The molecule has 1 atom stereocenters. The fourth-order valence-electron chi connectivity index (χ4n) is 2.67. The van der Waals surface area contributed by atoms with Crippen LogP contribution in [0.4, 0.5) is 10.8 Å². The van der Waals surface area contributed by atoms with E-state index in [4.69, 9.17) is 0 Å². The Bertz CT molecular complexity index is 720. The van der Waals surface area contributed by atoms with Crippen molar-refractivity contribution in [2.75, 3.05) is 23.7 Å². The first kappa shape index (κ1) is 16.6. The summed E-state index contributed by atoms with van der Waals surface area (Å²) in [4.78, 5) is 27.8. The molecule has 0 radical (unpaired) electrons. The minimum absolute atomic E-state index is 0.0167. The summed E-state index contributed by atoms with van der Waals surface area (Å²) < 4.78 is 0. The van der Waals surface area contributed by atoms with E-state index in [1.54, 1.807) is 0 Å². The fraction of sp³-hybridized carbons (Fsp3) is 0.353. The van der Waals surface area contributed by atoms with Crippen LogP contribution in [0.3, 0.4) is 0 Å². The number of nitrogens with zero attached hydrogens (tertiary/aromatic N) is 1. The van der Waals surface area contributed by atoms with Gasteiger partial charge in [0.25, 0.3) is 0 Å². The molecule has 3 N–H and O–H groups in total. The topological polar surface area (TPSA) is 83.1 Å². The average molecular weight is 344 g/mol. The molecule has 0 saturated carbocycles. The lowest BCUT2D eigenvalue weighted by Crippen LogP contribution is -2.37. The predicted octanol–water partition coefficient (Wildman–Crippen LogP) is 2.71. The molecule has 1 fully saturated rings. The predicted molar refractivity (Wildman–Crippen MR) is 96.1 cm³/mol. The molecular formula is C17H20N4O2S. The van der Waals surface area contributed by atoms with Crippen LogP contribution in [0.15, 0.2) is 29.6 Å². The molecule has 0 bridgehead atoms. The lowest BCUT2D eigenvalue weighted by Gasteiger charge is -2.21. The highest BCUT2D eigenvalue weighted by Gasteiger charge is 2.21. The van der Waals surface area contributed by atoms with Crippen molar-refractivity contribution in [2.45, 2.75) is 19.8 Å². The summed E-state index contributed by atoms with van der Waals surface area (Å²) in [5, 5.41) is 11.4. The summed E-state index contributed by atoms with van der Waals surface area (Å²) in [6.45, 7) is 3.19. The Kier molecular flexibility index (Phi) is 5.22. The molecule has 6 nitrogen and oxygen atoms in total. The van der Waals surface area contributed by atoms with Crippen molar-refractivity contribution in [1.29, 1.82) is 0 Å². The van der Waals surface area contributed by atoms with Crippen LogP contribution < -0.4 is 16.0 Å². The second kappa shape index (κ2) is 7.55. The van der Waals surface area contributed by atoms with Crippen LogP contribution in [0.5, 0.6) is 0 Å². The monoisotopic (exact) mass is 344 g/mol. The summed E-state index contributed by atoms with van der Waals surface area (Å²) in [7, 11) is 0. The molecule has 2 aromatic rings. The number of aromatic nitrogens is 1. The number of piperidine rings is 1. The minimum atomic E-state index is -0.0985. The SMILES string of the molecule is CC(=O)Nc1ccc(-c2csc(NC(=O)C3CCCNC3)n2)cc1. The van der Waals surface area contributed by atoms with Gasteiger partial charge >= 0.3 is 0 Å². The summed E-state index contributed by atoms with van der Waals surface area (Å²) in [5.74, 6) is -0.0502. The van der Waals surface area contributed by atoms with Crippen molar-refractivity contribution >= 4 is 34.0 Å². The number of hydrogen-bond donors (Lipinski definition) is 3. The van der Waals surface area contributed by atoms with Crippen LogP contribution in [-0.2, 0) is 9.59 Å². The van der Waals surface area contributed by atoms with Crippen LogP contribution >= 0.6 is 11.3 Å². The van der Waals surface area contributed by atoms with Gasteiger partial charge in [-0.1, -0.05) is 12.1 Å². The number of hydrogen-bond acceptors (Lipinski definition) is 5. The fourth-order valence-corrected chi connectivity index (χ4v) is 3.40. The maximum atomic E-state index is 12.2. The maximum absolute atomic E-state index is 12.2. The van der Waals surface area contributed by atoms with Crippen LogP contribution in [0.25, 0.3) is 11.3 Å². The van der Waals surface area contributed by atoms with Gasteiger partial charge in [0.1, 0.15) is 0 Å². The van der Waals surface area contributed by atoms with Crippen molar-refractivity contribution in [3.8, 4) is 11.3 Å². The first-order valence-corrected chi connectivity index (χ1v) is 8.85. The van der Waals surface area contributed by atoms with E-state index in [0.717, 1.165) is 42.9 Å². The smallest absolute Gasteiger partial charge is 0.230 e. The van der Waals surface area contributed by atoms with E-state index in [-0.39, 0.29) is 17.7 Å². The van der Waals surface area contributed by atoms with E-state index in [2.05, 4.69) is 20.9 Å². The first-order chi connectivity index (χ1) is 11.6. The molecule has 126 valence electrons. The van der Waals surface area contributed by atoms with Crippen molar-refractivity contribution in [3.63, 3.8) is 0 Å². The third kappa shape index (κ3) is 4.18. The van der Waals surface area contributed by atoms with Gasteiger partial charge in [0.15, 0.2) is 5.13 Å². The van der Waals surface area contributed by atoms with E-state index in [1.165, 1.54) is 18.3 Å². The number of rotatable bonds is 4. The third-order valence-corrected chi connectivity index (χ3v) is 4.66. The number of carbonyl (C=O) groups excluding carboxylic acids is 2. The van der Waals surface area contributed by atoms with Gasteiger partial charge in [-0.05, 0) is 31.5 Å². The summed E-state index contributed by atoms with van der Waals surface area (Å²) in [6.07, 6.45) is 1.95. The van der Waals surface area contributed by atoms with Gasteiger partial charge in [-0.15, -0.1) is 11.3 Å². The number of thiazole rings is 1. The molecule has 1 aromatic carbocycles. The molecular weight excluding hydrogens is 324 g/mol. The lowest BCUT2D eigenvalue weighted by molar-refractivity contribution is -0.120. The molecule has 7 heteroatoms. The van der Waals surface area contributed by atoms with Gasteiger partial charge in [-0.2, -0.15) is 0 Å². The molecule has 0 aliphatic carbocycles. The summed E-state index contributed by atoms with van der Waals surface area (Å²) >= 11 is 1.42. The highest BCUT2D eigenvalue weighted by atomic mass is 32.1. The van der Waals surface area contributed by atoms with Crippen LogP contribution in [0.2, 0.25) is 0 Å². The Morgan fingerprint density at radius 1 is 1.25 bits per heavy atom. The van der Waals surface area contributed by atoms with Gasteiger partial charge in [0.2, 0.25) is 11.8 Å². The van der Waals surface area contributed by atoms with Crippen LogP contribution in [0.1, 0.15) is 19.8 Å². The second-order valence-corrected chi connectivity index (χ2v) is 6.69. The molecule has 24 heavy (non-hydrogen) atoms. The Balaban J connectivity index is 1.64. The Morgan fingerprint density at radius 2 is 2.04 bits per heavy atom. The van der Waals surface area contributed by atoms with E-state index >= 15 is 0 Å². The Hall–Kier alpha value is -2.25. The first-order valence-electron chi connectivity index (χ1n) is 7.97. The number of nitrogens with one attached hydrogen (secondary N) is 3. The van der Waals surface area contributed by atoms with E-state index < -0.39 is 0 Å². The van der Waals surface area contributed by atoms with Gasteiger partial charge in [-0.3, -0.25) is 9.59 Å². The number of benzene rings is 1. The average Bonchev–Trinajstić information content (AvgIpc) is 3.04. The van der Waals surface area contributed by atoms with E-state index in [9.17, 15) is 9.59 Å². The molecule has 1 aliphatic rings. The normalized spacial score (nSPS) is 17.3. The molecule has 1 unspecified atom stereocenters. The van der Waals surface area contributed by atoms with E-state index in [1.807, 2.05) is 29.6 Å². The largest absolute Gasteiger partial charge is 0.326 e. The highest BCUT2D eigenvalue weighted by Crippen LogP contribution is 2.26. The zero-order valence-corrected chi connectivity index (χ0v) is 14.3. The summed E-state index contributed by atoms with van der Waals surface area (Å²) in [5.41, 5.74) is 2.51. The number of anilines is 2. The molecule has 1 saturated heterocycles. The molecule has 2 amide bonds. The van der Waals surface area contributed by atoms with Gasteiger partial charge in [0.05, 0.1) is 11.6 Å². The highest BCUT2D eigenvalue weighted by molar-refractivity contribution is 7.14. The minimum Gasteiger partial charge on any atom is -0.326 e. The van der Waals surface area contributed by atoms with Gasteiger partial charge in [0, 0.05) is 30.1 Å². The third-order valence-electron chi connectivity index (χ3n) is 3.90. The maximum Gasteiger partial charge on any atom is 0.230 e. The van der Waals surface area contributed by atoms with Crippen molar-refractivity contribution < 1.29 is 9.59 Å². The Morgan fingerprint density at radius 3 is 2.71 bits per heavy atom. The lowest BCUT2D eigenvalue weighted by atomic mass is 9.99. The second-order valence-electron chi connectivity index (χ2n) is 5.83. The molecule has 1 aliphatic heterocycles. The molecule has 0 spiro atoms. The summed E-state index contributed by atoms with van der Waals surface area (Å²) in [6, 6.07) is 7.47.